The summed E-state index contributed by atoms with van der Waals surface area (Å²) < 4.78 is 5.66. The molecule has 0 aromatic heterocycles. The van der Waals surface area contributed by atoms with Crippen LogP contribution >= 0.6 is 0 Å². The quantitative estimate of drug-likeness (QED) is 0.729. The number of hydrogen-bond donors (Lipinski definition) is 3. The number of ether oxygens (including phenoxy) is 1. The van der Waals surface area contributed by atoms with Crippen LogP contribution in [-0.4, -0.2) is 36.8 Å². The van der Waals surface area contributed by atoms with Gasteiger partial charge in [-0.15, -0.1) is 0 Å². The highest BCUT2D eigenvalue weighted by molar-refractivity contribution is 5.91. The lowest BCUT2D eigenvalue weighted by atomic mass is 9.66. The van der Waals surface area contributed by atoms with Crippen molar-refractivity contribution in [3.05, 3.63) is 60.2 Å². The number of methoxy groups -OCH3 is 1. The number of fused-ring (bicyclic) bond motifs is 1. The van der Waals surface area contributed by atoms with Crippen LogP contribution in [0.3, 0.4) is 0 Å². The molecule has 5 heteroatoms. The summed E-state index contributed by atoms with van der Waals surface area (Å²) in [6, 6.07) is 17.7. The summed E-state index contributed by atoms with van der Waals surface area (Å²) in [5, 5.41) is 14.4. The number of amides is 1. The molecule has 154 valence electrons. The van der Waals surface area contributed by atoms with E-state index < -0.39 is 5.60 Å². The molecule has 1 aliphatic carbocycles. The van der Waals surface area contributed by atoms with Crippen LogP contribution in [0.2, 0.25) is 0 Å². The van der Waals surface area contributed by atoms with Gasteiger partial charge >= 0.3 is 0 Å². The van der Waals surface area contributed by atoms with Gasteiger partial charge in [0.25, 0.3) is 5.91 Å². The van der Waals surface area contributed by atoms with Crippen molar-refractivity contribution in [3.63, 3.8) is 0 Å². The minimum absolute atomic E-state index is 0.00680. The van der Waals surface area contributed by atoms with Crippen LogP contribution in [-0.2, 0) is 4.79 Å². The minimum Gasteiger partial charge on any atom is -0.496 e. The average molecular weight is 396 g/mol. The maximum Gasteiger partial charge on any atom is 0.279 e. The fourth-order valence-electron chi connectivity index (χ4n) is 5.35. The number of anilines is 1. The van der Waals surface area contributed by atoms with E-state index in [1.807, 2.05) is 48.5 Å². The highest BCUT2D eigenvalue weighted by Gasteiger charge is 2.52. The number of nitrogens with one attached hydrogen (secondary N) is 2. The van der Waals surface area contributed by atoms with Gasteiger partial charge in [0.05, 0.1) is 24.8 Å². The number of rotatable bonds is 5. The highest BCUT2D eigenvalue weighted by Crippen LogP contribution is 2.45. The molecule has 1 saturated carbocycles. The molecule has 5 nitrogen and oxygen atoms in total. The van der Waals surface area contributed by atoms with E-state index in [1.54, 1.807) is 7.11 Å². The van der Waals surface area contributed by atoms with Gasteiger partial charge in [-0.05, 0) is 37.1 Å². The molecule has 4 atom stereocenters. The number of piperidine rings is 1. The molecule has 0 bridgehead atoms. The van der Waals surface area contributed by atoms with Gasteiger partial charge < -0.3 is 20.1 Å². The highest BCUT2D eigenvalue weighted by atomic mass is 16.5. The standard InChI is InChI=1S/C24H30N2O3/c1-29-21-13-6-5-11-19(21)23-20-12-7-8-14-24(20,28)15-16-26(23)17-22(27)25-18-9-3-2-4-10-18/h2-6,9-11,13,20,23,28H,7-8,12,14-17H2,1H3,(H,25,27)/p+1/t20-,23+,24-/m1/s1. The number of carbonyl (C=O) groups excluding carboxylic acids is 1. The predicted octanol–water partition coefficient (Wildman–Crippen LogP) is 2.58. The van der Waals surface area contributed by atoms with Gasteiger partial charge in [-0.25, -0.2) is 0 Å². The van der Waals surface area contributed by atoms with Gasteiger partial charge in [-0.2, -0.15) is 0 Å². The van der Waals surface area contributed by atoms with E-state index in [-0.39, 0.29) is 17.9 Å². The summed E-state index contributed by atoms with van der Waals surface area (Å²) in [7, 11) is 1.69. The smallest absolute Gasteiger partial charge is 0.279 e. The molecule has 2 aliphatic rings. The van der Waals surface area contributed by atoms with E-state index in [9.17, 15) is 9.90 Å². The van der Waals surface area contributed by atoms with Crippen molar-refractivity contribution >= 4 is 11.6 Å². The lowest BCUT2D eigenvalue weighted by molar-refractivity contribution is -0.937. The van der Waals surface area contributed by atoms with Crippen molar-refractivity contribution in [1.82, 2.24) is 0 Å². The van der Waals surface area contributed by atoms with Crippen LogP contribution in [0.25, 0.3) is 0 Å². The lowest BCUT2D eigenvalue weighted by Crippen LogP contribution is -3.16. The average Bonchev–Trinajstić information content (AvgIpc) is 2.74. The first-order valence-electron chi connectivity index (χ1n) is 10.7. The third-order valence-corrected chi connectivity index (χ3v) is 6.71. The molecule has 4 rings (SSSR count). The van der Waals surface area contributed by atoms with Crippen molar-refractivity contribution < 1.29 is 19.5 Å². The minimum atomic E-state index is -0.636. The molecular weight excluding hydrogens is 364 g/mol. The van der Waals surface area contributed by atoms with Crippen LogP contribution in [0.1, 0.15) is 43.7 Å². The Balaban J connectivity index is 1.61. The van der Waals surface area contributed by atoms with Crippen molar-refractivity contribution in [2.24, 2.45) is 5.92 Å². The van der Waals surface area contributed by atoms with Gasteiger partial charge in [0.2, 0.25) is 0 Å². The number of aliphatic hydroxyl groups is 1. The summed E-state index contributed by atoms with van der Waals surface area (Å²) in [6.07, 6.45) is 4.80. The molecular formula is C24H31N2O3+. The molecule has 2 aromatic carbocycles. The largest absolute Gasteiger partial charge is 0.496 e. The first-order valence-corrected chi connectivity index (χ1v) is 10.7. The topological polar surface area (TPSA) is 63.0 Å². The Bertz CT molecular complexity index is 841. The third-order valence-electron chi connectivity index (χ3n) is 6.71. The zero-order chi connectivity index (χ0) is 20.3. The molecule has 1 amide bonds. The Morgan fingerprint density at radius 2 is 1.90 bits per heavy atom. The van der Waals surface area contributed by atoms with Crippen LogP contribution in [0.15, 0.2) is 54.6 Å². The Morgan fingerprint density at radius 1 is 1.14 bits per heavy atom. The van der Waals surface area contributed by atoms with E-state index in [0.717, 1.165) is 55.6 Å². The second kappa shape index (κ2) is 8.56. The fourth-order valence-corrected chi connectivity index (χ4v) is 5.35. The van der Waals surface area contributed by atoms with Crippen LogP contribution in [0.4, 0.5) is 5.69 Å². The van der Waals surface area contributed by atoms with Crippen molar-refractivity contribution in [3.8, 4) is 5.75 Å². The number of hydrogen-bond acceptors (Lipinski definition) is 3. The van der Waals surface area contributed by atoms with Gasteiger partial charge in [0.15, 0.2) is 6.54 Å². The monoisotopic (exact) mass is 395 g/mol. The second-order valence-corrected chi connectivity index (χ2v) is 8.42. The number of likely N-dealkylation sites (tertiary alicyclic amines) is 1. The van der Waals surface area contributed by atoms with E-state index in [4.69, 9.17) is 4.74 Å². The first kappa shape index (κ1) is 19.9. The number of quaternary nitrogens is 1. The molecule has 0 spiro atoms. The van der Waals surface area contributed by atoms with Gasteiger partial charge in [-0.3, -0.25) is 4.79 Å². The molecule has 1 saturated heterocycles. The van der Waals surface area contributed by atoms with Crippen LogP contribution in [0, 0.1) is 5.92 Å². The molecule has 1 unspecified atom stereocenters. The van der Waals surface area contributed by atoms with Crippen molar-refractivity contribution in [2.75, 3.05) is 25.5 Å². The zero-order valence-electron chi connectivity index (χ0n) is 17.1. The molecule has 29 heavy (non-hydrogen) atoms. The zero-order valence-corrected chi connectivity index (χ0v) is 17.1. The Kier molecular flexibility index (Phi) is 5.88. The van der Waals surface area contributed by atoms with Crippen LogP contribution in [0.5, 0.6) is 5.75 Å². The summed E-state index contributed by atoms with van der Waals surface area (Å²) in [4.78, 5) is 14.0. The fraction of sp³-hybridized carbons (Fsp3) is 0.458. The van der Waals surface area contributed by atoms with E-state index >= 15 is 0 Å². The third kappa shape index (κ3) is 4.16. The summed E-state index contributed by atoms with van der Waals surface area (Å²) in [6.45, 7) is 1.15. The maximum atomic E-state index is 12.8. The van der Waals surface area contributed by atoms with Crippen LogP contribution < -0.4 is 15.0 Å². The summed E-state index contributed by atoms with van der Waals surface area (Å²) in [5.74, 6) is 0.987. The first-order chi connectivity index (χ1) is 14.1. The van der Waals surface area contributed by atoms with Gasteiger partial charge in [0.1, 0.15) is 11.8 Å². The molecule has 1 aliphatic heterocycles. The van der Waals surface area contributed by atoms with E-state index in [1.165, 1.54) is 4.90 Å². The lowest BCUT2D eigenvalue weighted by Gasteiger charge is -2.50. The van der Waals surface area contributed by atoms with Crippen molar-refractivity contribution in [1.29, 1.82) is 0 Å². The Labute approximate surface area is 172 Å². The molecule has 2 aromatic rings. The number of para-hydroxylation sites is 2. The van der Waals surface area contributed by atoms with E-state index in [2.05, 4.69) is 11.4 Å². The Hall–Kier alpha value is -2.37. The predicted molar refractivity (Wildman–Crippen MR) is 113 cm³/mol. The van der Waals surface area contributed by atoms with Gasteiger partial charge in [-0.1, -0.05) is 43.2 Å². The van der Waals surface area contributed by atoms with E-state index in [0.29, 0.717) is 6.54 Å². The number of carbonyl (C=O) groups is 1. The second-order valence-electron chi connectivity index (χ2n) is 8.42. The maximum absolute atomic E-state index is 12.8. The normalized spacial score (nSPS) is 29.0. The molecule has 0 radical (unpaired) electrons. The van der Waals surface area contributed by atoms with Crippen molar-refractivity contribution in [2.45, 2.75) is 43.7 Å². The molecule has 3 N–H and O–H groups in total. The molecule has 1 heterocycles. The summed E-state index contributed by atoms with van der Waals surface area (Å²) in [5.41, 5.74) is 1.28. The summed E-state index contributed by atoms with van der Waals surface area (Å²) >= 11 is 0. The molecule has 2 fully saturated rings. The Morgan fingerprint density at radius 3 is 2.69 bits per heavy atom. The number of benzene rings is 2. The van der Waals surface area contributed by atoms with Gasteiger partial charge in [0, 0.05) is 18.0 Å². The SMILES string of the molecule is COc1ccccc1[C@H]1[C@H]2CCCC[C@@]2(O)CC[NH+]1CC(=O)Nc1ccccc1.